The van der Waals surface area contributed by atoms with E-state index in [4.69, 9.17) is 0 Å². The Balaban J connectivity index is 1.92. The molecule has 4 nitrogen and oxygen atoms in total. The average molecular weight is 198 g/mol. The summed E-state index contributed by atoms with van der Waals surface area (Å²) in [5, 5.41) is 10.5. The van der Waals surface area contributed by atoms with Gasteiger partial charge >= 0.3 is 0 Å². The Morgan fingerprint density at radius 2 is 1.93 bits per heavy atom. The predicted octanol–water partition coefficient (Wildman–Crippen LogP) is -0.812. The van der Waals surface area contributed by atoms with Gasteiger partial charge in [-0.05, 0) is 13.8 Å². The number of hydrogen-bond acceptors (Lipinski definition) is 4. The summed E-state index contributed by atoms with van der Waals surface area (Å²) in [5.74, 6) is 0. The molecule has 0 radical (unpaired) electrons. The lowest BCUT2D eigenvalue weighted by Gasteiger charge is -2.44. The first kappa shape index (κ1) is 10.4. The van der Waals surface area contributed by atoms with Crippen LogP contribution in [-0.2, 0) is 0 Å². The molecule has 0 bridgehead atoms. The molecule has 2 aliphatic rings. The lowest BCUT2D eigenvalue weighted by molar-refractivity contribution is 0.0681. The SMILES string of the molecule is CC1CN(C2CNCCN2)C(C)CN1. The molecule has 2 rings (SSSR count). The highest BCUT2D eigenvalue weighted by Crippen LogP contribution is 2.10. The van der Waals surface area contributed by atoms with Gasteiger partial charge < -0.3 is 10.6 Å². The van der Waals surface area contributed by atoms with E-state index in [0.29, 0.717) is 18.2 Å². The van der Waals surface area contributed by atoms with Crippen LogP contribution < -0.4 is 16.0 Å². The molecule has 0 aliphatic carbocycles. The first-order valence-electron chi connectivity index (χ1n) is 5.70. The van der Waals surface area contributed by atoms with Gasteiger partial charge in [-0.1, -0.05) is 0 Å². The Kier molecular flexibility index (Phi) is 3.38. The van der Waals surface area contributed by atoms with Crippen molar-refractivity contribution >= 4 is 0 Å². The van der Waals surface area contributed by atoms with Gasteiger partial charge in [-0.25, -0.2) is 0 Å². The van der Waals surface area contributed by atoms with Crippen molar-refractivity contribution in [1.82, 2.24) is 20.9 Å². The second-order valence-electron chi connectivity index (χ2n) is 4.53. The lowest BCUT2D eigenvalue weighted by Crippen LogP contribution is -2.65. The van der Waals surface area contributed by atoms with Gasteiger partial charge in [0.15, 0.2) is 0 Å². The minimum atomic E-state index is 0.531. The van der Waals surface area contributed by atoms with E-state index in [0.717, 1.165) is 32.7 Å². The van der Waals surface area contributed by atoms with Crippen LogP contribution in [0.3, 0.4) is 0 Å². The molecule has 0 aromatic rings. The van der Waals surface area contributed by atoms with Gasteiger partial charge in [0.25, 0.3) is 0 Å². The van der Waals surface area contributed by atoms with Crippen molar-refractivity contribution in [1.29, 1.82) is 0 Å². The maximum atomic E-state index is 3.58. The summed E-state index contributed by atoms with van der Waals surface area (Å²) in [4.78, 5) is 2.58. The largest absolute Gasteiger partial charge is 0.313 e. The molecule has 0 aromatic heterocycles. The Morgan fingerprint density at radius 3 is 2.64 bits per heavy atom. The molecular weight excluding hydrogens is 176 g/mol. The maximum Gasteiger partial charge on any atom is 0.0729 e. The minimum absolute atomic E-state index is 0.531. The summed E-state index contributed by atoms with van der Waals surface area (Å²) in [6.07, 6.45) is 0.531. The van der Waals surface area contributed by atoms with Gasteiger partial charge in [0.05, 0.1) is 6.17 Å². The Bertz CT molecular complexity index is 179. The predicted molar refractivity (Wildman–Crippen MR) is 58.3 cm³/mol. The average Bonchev–Trinajstić information content (AvgIpc) is 2.23. The summed E-state index contributed by atoms with van der Waals surface area (Å²) in [6.45, 7) is 10.1. The fraction of sp³-hybridized carbons (Fsp3) is 1.00. The van der Waals surface area contributed by atoms with Crippen molar-refractivity contribution in [2.75, 3.05) is 32.7 Å². The topological polar surface area (TPSA) is 39.3 Å². The fourth-order valence-corrected chi connectivity index (χ4v) is 2.36. The van der Waals surface area contributed by atoms with Crippen LogP contribution in [0.15, 0.2) is 0 Å². The molecule has 0 spiro atoms. The molecule has 2 heterocycles. The Hall–Kier alpha value is -0.160. The van der Waals surface area contributed by atoms with Crippen molar-refractivity contribution in [3.63, 3.8) is 0 Å². The Labute approximate surface area is 86.4 Å². The van der Waals surface area contributed by atoms with Crippen molar-refractivity contribution in [2.45, 2.75) is 32.1 Å². The molecule has 2 saturated heterocycles. The maximum absolute atomic E-state index is 3.58. The summed E-state index contributed by atoms with van der Waals surface area (Å²) >= 11 is 0. The van der Waals surface area contributed by atoms with Crippen LogP contribution in [0.2, 0.25) is 0 Å². The van der Waals surface area contributed by atoms with Crippen LogP contribution in [0.1, 0.15) is 13.8 Å². The molecule has 4 heteroatoms. The third-order valence-electron chi connectivity index (χ3n) is 3.23. The summed E-state index contributed by atoms with van der Waals surface area (Å²) in [6, 6.07) is 1.26. The van der Waals surface area contributed by atoms with E-state index in [1.807, 2.05) is 0 Å². The number of nitrogens with zero attached hydrogens (tertiary/aromatic N) is 1. The molecular formula is C10H22N4. The summed E-state index contributed by atoms with van der Waals surface area (Å²) < 4.78 is 0. The van der Waals surface area contributed by atoms with E-state index in [9.17, 15) is 0 Å². The molecule has 3 N–H and O–H groups in total. The molecule has 0 amide bonds. The van der Waals surface area contributed by atoms with Crippen molar-refractivity contribution in [2.24, 2.45) is 0 Å². The summed E-state index contributed by atoms with van der Waals surface area (Å²) in [7, 11) is 0. The second kappa shape index (κ2) is 4.57. The van der Waals surface area contributed by atoms with Crippen LogP contribution >= 0.6 is 0 Å². The fourth-order valence-electron chi connectivity index (χ4n) is 2.36. The monoisotopic (exact) mass is 198 g/mol. The second-order valence-corrected chi connectivity index (χ2v) is 4.53. The normalized spacial score (nSPS) is 41.1. The minimum Gasteiger partial charge on any atom is -0.313 e. The van der Waals surface area contributed by atoms with E-state index < -0.39 is 0 Å². The molecule has 3 atom stereocenters. The number of hydrogen-bond donors (Lipinski definition) is 3. The van der Waals surface area contributed by atoms with Gasteiger partial charge in [-0.15, -0.1) is 0 Å². The van der Waals surface area contributed by atoms with Crippen LogP contribution in [0, 0.1) is 0 Å². The highest BCUT2D eigenvalue weighted by molar-refractivity contribution is 4.87. The standard InChI is InChI=1S/C10H22N4/c1-8-7-14(9(2)5-13-8)10-6-11-3-4-12-10/h8-13H,3-7H2,1-2H3. The number of rotatable bonds is 1. The van der Waals surface area contributed by atoms with Gasteiger partial charge in [-0.2, -0.15) is 0 Å². The van der Waals surface area contributed by atoms with Crippen LogP contribution in [0.4, 0.5) is 0 Å². The summed E-state index contributed by atoms with van der Waals surface area (Å²) in [5.41, 5.74) is 0. The number of nitrogens with one attached hydrogen (secondary N) is 3. The third-order valence-corrected chi connectivity index (χ3v) is 3.23. The van der Waals surface area contributed by atoms with Crippen LogP contribution in [-0.4, -0.2) is 55.9 Å². The highest BCUT2D eigenvalue weighted by atomic mass is 15.3. The van der Waals surface area contributed by atoms with Gasteiger partial charge in [-0.3, -0.25) is 10.2 Å². The molecule has 82 valence electrons. The van der Waals surface area contributed by atoms with E-state index in [-0.39, 0.29) is 0 Å². The number of piperazine rings is 2. The van der Waals surface area contributed by atoms with Gasteiger partial charge in [0.2, 0.25) is 0 Å². The van der Waals surface area contributed by atoms with Crippen LogP contribution in [0.25, 0.3) is 0 Å². The zero-order valence-corrected chi connectivity index (χ0v) is 9.21. The first-order valence-corrected chi connectivity index (χ1v) is 5.70. The first-order chi connectivity index (χ1) is 6.77. The van der Waals surface area contributed by atoms with Gasteiger partial charge in [0, 0.05) is 44.8 Å². The van der Waals surface area contributed by atoms with E-state index in [2.05, 4.69) is 34.7 Å². The van der Waals surface area contributed by atoms with E-state index in [1.54, 1.807) is 0 Å². The van der Waals surface area contributed by atoms with Crippen molar-refractivity contribution < 1.29 is 0 Å². The molecule has 3 unspecified atom stereocenters. The molecule has 0 aromatic carbocycles. The molecule has 2 aliphatic heterocycles. The Morgan fingerprint density at radius 1 is 1.07 bits per heavy atom. The molecule has 2 fully saturated rings. The van der Waals surface area contributed by atoms with E-state index >= 15 is 0 Å². The van der Waals surface area contributed by atoms with Crippen molar-refractivity contribution in [3.05, 3.63) is 0 Å². The zero-order valence-electron chi connectivity index (χ0n) is 9.21. The van der Waals surface area contributed by atoms with Crippen molar-refractivity contribution in [3.8, 4) is 0 Å². The third kappa shape index (κ3) is 2.25. The van der Waals surface area contributed by atoms with Gasteiger partial charge in [0.1, 0.15) is 0 Å². The van der Waals surface area contributed by atoms with Crippen LogP contribution in [0.5, 0.6) is 0 Å². The van der Waals surface area contributed by atoms with E-state index in [1.165, 1.54) is 0 Å². The molecule has 14 heavy (non-hydrogen) atoms. The zero-order chi connectivity index (χ0) is 9.97. The quantitative estimate of drug-likeness (QED) is 0.515. The lowest BCUT2D eigenvalue weighted by atomic mass is 10.1. The smallest absolute Gasteiger partial charge is 0.0729 e. The molecule has 0 saturated carbocycles. The highest BCUT2D eigenvalue weighted by Gasteiger charge is 2.29.